The van der Waals surface area contributed by atoms with Gasteiger partial charge in [0, 0.05) is 6.42 Å². The van der Waals surface area contributed by atoms with Crippen LogP contribution in [0.2, 0.25) is 0 Å². The Bertz CT molecular complexity index is 324. The van der Waals surface area contributed by atoms with Crippen molar-refractivity contribution in [3.8, 4) is 0 Å². The minimum atomic E-state index is -0.252. The summed E-state index contributed by atoms with van der Waals surface area (Å²) in [4.78, 5) is 11.2. The summed E-state index contributed by atoms with van der Waals surface area (Å²) in [7, 11) is 0. The smallest absolute Gasteiger partial charge is 0.256 e. The molecule has 0 aromatic rings. The lowest BCUT2D eigenvalue weighted by molar-refractivity contribution is -0.143. The molecular formula is C24H48BrNO2. The number of rotatable bonds is 22. The number of unbranched alkanes of at least 4 members (excludes halogenated alkanes) is 20. The quantitative estimate of drug-likeness (QED) is 0.0754. The van der Waals surface area contributed by atoms with Crippen LogP contribution in [0.5, 0.6) is 0 Å². The van der Waals surface area contributed by atoms with E-state index in [-0.39, 0.29) is 5.91 Å². The maximum Gasteiger partial charge on any atom is 0.256 e. The molecule has 0 aliphatic carbocycles. The molecule has 0 saturated heterocycles. The lowest BCUT2D eigenvalue weighted by atomic mass is 10.0. The van der Waals surface area contributed by atoms with Crippen molar-refractivity contribution in [1.82, 2.24) is 4.09 Å². The molecule has 0 aliphatic heterocycles. The molecule has 28 heavy (non-hydrogen) atoms. The Morgan fingerprint density at radius 1 is 0.571 bits per heavy atom. The van der Waals surface area contributed by atoms with Gasteiger partial charge < -0.3 is 0 Å². The van der Waals surface area contributed by atoms with Crippen molar-refractivity contribution < 1.29 is 10.0 Å². The van der Waals surface area contributed by atoms with Crippen LogP contribution in [-0.4, -0.2) is 15.2 Å². The van der Waals surface area contributed by atoms with Crippen LogP contribution in [0.4, 0.5) is 0 Å². The van der Waals surface area contributed by atoms with Gasteiger partial charge in [-0.05, 0) is 6.42 Å². The Balaban J connectivity index is 3.04. The predicted molar refractivity (Wildman–Crippen MR) is 125 cm³/mol. The lowest BCUT2D eigenvalue weighted by Gasteiger charge is -2.05. The third-order valence-electron chi connectivity index (χ3n) is 5.70. The van der Waals surface area contributed by atoms with E-state index in [2.05, 4.69) is 23.1 Å². The number of carbonyl (C=O) groups is 1. The fraction of sp³-hybridized carbons (Fsp3) is 0.958. The van der Waals surface area contributed by atoms with Crippen molar-refractivity contribution in [3.63, 3.8) is 0 Å². The first-order valence-corrected chi connectivity index (χ1v) is 13.1. The molecule has 1 N–H and O–H groups in total. The maximum atomic E-state index is 11.2. The van der Waals surface area contributed by atoms with Gasteiger partial charge >= 0.3 is 0 Å². The van der Waals surface area contributed by atoms with Crippen molar-refractivity contribution in [2.24, 2.45) is 0 Å². The van der Waals surface area contributed by atoms with Crippen LogP contribution < -0.4 is 0 Å². The second kappa shape index (κ2) is 23.2. The standard InChI is InChI=1S/C24H48BrNO2/c1-2-3-4-5-6-7-8-9-10-11-12-13-14-15-16-17-18-19-20-21-22-23-24(27)26(25)28/h28H,2-23H2,1H3. The number of hydroxylamine groups is 1. The molecule has 0 radical (unpaired) electrons. The monoisotopic (exact) mass is 461 g/mol. The lowest BCUT2D eigenvalue weighted by Crippen LogP contribution is -2.15. The number of nitrogens with zero attached hydrogens (tertiary/aromatic N) is 1. The van der Waals surface area contributed by atoms with Crippen molar-refractivity contribution in [2.45, 2.75) is 148 Å². The summed E-state index contributed by atoms with van der Waals surface area (Å²) < 4.78 is 0.517. The minimum Gasteiger partial charge on any atom is -0.275 e. The van der Waals surface area contributed by atoms with Gasteiger partial charge in [-0.1, -0.05) is 135 Å². The zero-order chi connectivity index (χ0) is 20.7. The first-order chi connectivity index (χ1) is 13.7. The van der Waals surface area contributed by atoms with Gasteiger partial charge in [0.15, 0.2) is 0 Å². The summed E-state index contributed by atoms with van der Waals surface area (Å²) >= 11 is 2.74. The zero-order valence-corrected chi connectivity index (χ0v) is 20.3. The second-order valence-electron chi connectivity index (χ2n) is 8.47. The summed E-state index contributed by atoms with van der Waals surface area (Å²) in [6.45, 7) is 2.29. The van der Waals surface area contributed by atoms with Crippen molar-refractivity contribution in [3.05, 3.63) is 0 Å². The van der Waals surface area contributed by atoms with E-state index in [9.17, 15) is 4.79 Å². The fourth-order valence-electron chi connectivity index (χ4n) is 3.80. The van der Waals surface area contributed by atoms with Gasteiger partial charge in [0.25, 0.3) is 5.91 Å². The van der Waals surface area contributed by atoms with Crippen LogP contribution in [0.25, 0.3) is 0 Å². The van der Waals surface area contributed by atoms with Crippen LogP contribution >= 0.6 is 16.1 Å². The molecule has 0 aliphatic rings. The molecule has 0 bridgehead atoms. The van der Waals surface area contributed by atoms with E-state index in [0.717, 1.165) is 12.8 Å². The Labute approximate surface area is 184 Å². The van der Waals surface area contributed by atoms with E-state index in [1.165, 1.54) is 122 Å². The highest BCUT2D eigenvalue weighted by molar-refractivity contribution is 9.07. The predicted octanol–water partition coefficient (Wildman–Crippen LogP) is 9.12. The van der Waals surface area contributed by atoms with E-state index in [4.69, 9.17) is 5.21 Å². The van der Waals surface area contributed by atoms with Crippen LogP contribution in [0, 0.1) is 0 Å². The van der Waals surface area contributed by atoms with E-state index in [0.29, 0.717) is 10.5 Å². The molecule has 4 heteroatoms. The third kappa shape index (κ3) is 22.2. The molecule has 3 nitrogen and oxygen atoms in total. The summed E-state index contributed by atoms with van der Waals surface area (Å²) in [6, 6.07) is 0. The van der Waals surface area contributed by atoms with Gasteiger partial charge in [-0.2, -0.15) is 4.09 Å². The largest absolute Gasteiger partial charge is 0.275 e. The third-order valence-corrected chi connectivity index (χ3v) is 6.10. The Morgan fingerprint density at radius 2 is 0.821 bits per heavy atom. The summed E-state index contributed by atoms with van der Waals surface area (Å²) in [5.41, 5.74) is 0. The second-order valence-corrected chi connectivity index (χ2v) is 9.15. The Morgan fingerprint density at radius 3 is 1.07 bits per heavy atom. The van der Waals surface area contributed by atoms with E-state index >= 15 is 0 Å². The molecule has 0 heterocycles. The van der Waals surface area contributed by atoms with E-state index in [1.54, 1.807) is 0 Å². The van der Waals surface area contributed by atoms with Gasteiger partial charge in [0.05, 0.1) is 16.1 Å². The van der Waals surface area contributed by atoms with Gasteiger partial charge in [0.2, 0.25) is 0 Å². The van der Waals surface area contributed by atoms with E-state index in [1.807, 2.05) is 0 Å². The molecule has 0 aromatic heterocycles. The Kier molecular flexibility index (Phi) is 23.1. The highest BCUT2D eigenvalue weighted by Gasteiger charge is 2.05. The van der Waals surface area contributed by atoms with Gasteiger partial charge in [-0.3, -0.25) is 10.0 Å². The van der Waals surface area contributed by atoms with Crippen molar-refractivity contribution >= 4 is 22.1 Å². The fourth-order valence-corrected chi connectivity index (χ4v) is 3.98. The molecule has 0 fully saturated rings. The average molecular weight is 463 g/mol. The van der Waals surface area contributed by atoms with Gasteiger partial charge in [-0.15, -0.1) is 0 Å². The normalized spacial score (nSPS) is 11.1. The average Bonchev–Trinajstić information content (AvgIpc) is 2.68. The first kappa shape index (κ1) is 27.9. The number of hydrogen-bond acceptors (Lipinski definition) is 2. The van der Waals surface area contributed by atoms with Crippen LogP contribution in [-0.2, 0) is 4.79 Å². The van der Waals surface area contributed by atoms with Crippen molar-refractivity contribution in [1.29, 1.82) is 0 Å². The summed E-state index contributed by atoms with van der Waals surface area (Å²) in [6.07, 6.45) is 29.1. The summed E-state index contributed by atoms with van der Waals surface area (Å²) in [5, 5.41) is 8.89. The molecule has 0 aromatic carbocycles. The minimum absolute atomic E-state index is 0.252. The summed E-state index contributed by atoms with van der Waals surface area (Å²) in [5.74, 6) is -0.252. The molecular weight excluding hydrogens is 414 g/mol. The van der Waals surface area contributed by atoms with Crippen LogP contribution in [0.15, 0.2) is 0 Å². The van der Waals surface area contributed by atoms with Gasteiger partial charge in [-0.25, -0.2) is 0 Å². The molecule has 1 amide bonds. The molecule has 0 unspecified atom stereocenters. The molecule has 0 spiro atoms. The molecule has 0 rings (SSSR count). The molecule has 0 saturated carbocycles. The molecule has 168 valence electrons. The van der Waals surface area contributed by atoms with Crippen molar-refractivity contribution in [2.75, 3.05) is 0 Å². The van der Waals surface area contributed by atoms with Gasteiger partial charge in [0.1, 0.15) is 0 Å². The highest BCUT2D eigenvalue weighted by Crippen LogP contribution is 2.15. The number of hydrogen-bond donors (Lipinski definition) is 1. The number of carbonyl (C=O) groups excluding carboxylic acids is 1. The Hall–Kier alpha value is -0.0900. The molecule has 0 atom stereocenters. The zero-order valence-electron chi connectivity index (χ0n) is 18.7. The maximum absolute atomic E-state index is 11.2. The van der Waals surface area contributed by atoms with E-state index < -0.39 is 0 Å². The first-order valence-electron chi connectivity index (χ1n) is 12.4. The number of halogens is 1. The van der Waals surface area contributed by atoms with Crippen LogP contribution in [0.3, 0.4) is 0 Å². The highest BCUT2D eigenvalue weighted by atomic mass is 79.9. The van der Waals surface area contributed by atoms with Crippen LogP contribution in [0.1, 0.15) is 148 Å². The topological polar surface area (TPSA) is 40.5 Å². The SMILES string of the molecule is CCCCCCCCCCCCCCCCCCCCCCCC(=O)N(O)Br. The number of amides is 1.